The van der Waals surface area contributed by atoms with E-state index in [-0.39, 0.29) is 17.5 Å². The molecule has 0 radical (unpaired) electrons. The maximum Gasteiger partial charge on any atom is 0.259 e. The molecule has 1 aliphatic carbocycles. The molecule has 2 unspecified atom stereocenters. The number of thiophene rings is 1. The van der Waals surface area contributed by atoms with Gasteiger partial charge < -0.3 is 9.88 Å². The highest BCUT2D eigenvalue weighted by atomic mass is 32.1. The highest BCUT2D eigenvalue weighted by Gasteiger charge is 2.28. The van der Waals surface area contributed by atoms with Crippen LogP contribution in [0.5, 0.6) is 0 Å². The highest BCUT2D eigenvalue weighted by molar-refractivity contribution is 7.18. The number of amides is 1. The average molecular weight is 437 g/mol. The molecule has 3 heterocycles. The van der Waals surface area contributed by atoms with Crippen LogP contribution in [-0.4, -0.2) is 51.9 Å². The Kier molecular flexibility index (Phi) is 5.40. The van der Waals surface area contributed by atoms with Crippen molar-refractivity contribution in [3.63, 3.8) is 0 Å². The number of nitrogens with one attached hydrogen (secondary N) is 1. The van der Waals surface area contributed by atoms with Crippen molar-refractivity contribution >= 4 is 27.5 Å². The number of fused-ring (bicyclic) bond motifs is 3. The van der Waals surface area contributed by atoms with Crippen molar-refractivity contribution in [1.29, 1.82) is 0 Å². The molecule has 1 aliphatic heterocycles. The fraction of sp³-hybridized carbons (Fsp3) is 0.458. The van der Waals surface area contributed by atoms with Crippen LogP contribution >= 0.6 is 11.3 Å². The molecule has 6 nitrogen and oxygen atoms in total. The molecule has 2 atom stereocenters. The SMILES string of the molecule is CC1CCc2c(sc3nc(C(C)N4CCN(C(=O)c5ccccc5)CC4)[nH]c(=O)c23)C1. The first-order valence-corrected chi connectivity index (χ1v) is 12.0. The van der Waals surface area contributed by atoms with Crippen LogP contribution < -0.4 is 5.56 Å². The van der Waals surface area contributed by atoms with E-state index in [2.05, 4.69) is 23.7 Å². The number of carbonyl (C=O) groups is 1. The highest BCUT2D eigenvalue weighted by Crippen LogP contribution is 2.36. The van der Waals surface area contributed by atoms with E-state index in [1.54, 1.807) is 11.3 Å². The summed E-state index contributed by atoms with van der Waals surface area (Å²) in [7, 11) is 0. The average Bonchev–Trinajstić information content (AvgIpc) is 3.16. The van der Waals surface area contributed by atoms with Gasteiger partial charge in [0.1, 0.15) is 10.7 Å². The molecule has 1 N–H and O–H groups in total. The largest absolute Gasteiger partial charge is 0.336 e. The van der Waals surface area contributed by atoms with Gasteiger partial charge in [0, 0.05) is 36.6 Å². The monoisotopic (exact) mass is 436 g/mol. The zero-order valence-corrected chi connectivity index (χ0v) is 18.9. The smallest absolute Gasteiger partial charge is 0.259 e. The number of aromatic amines is 1. The van der Waals surface area contributed by atoms with Crippen LogP contribution in [-0.2, 0) is 12.8 Å². The van der Waals surface area contributed by atoms with Crippen molar-refractivity contribution in [2.24, 2.45) is 5.92 Å². The van der Waals surface area contributed by atoms with Gasteiger partial charge in [-0.25, -0.2) is 4.98 Å². The second-order valence-corrected chi connectivity index (χ2v) is 9.94. The summed E-state index contributed by atoms with van der Waals surface area (Å²) in [5.41, 5.74) is 1.95. The molecular formula is C24H28N4O2S. The number of aromatic nitrogens is 2. The lowest BCUT2D eigenvalue weighted by Crippen LogP contribution is -2.49. The topological polar surface area (TPSA) is 69.3 Å². The number of H-pyrrole nitrogens is 1. The number of carbonyl (C=O) groups excluding carboxylic acids is 1. The summed E-state index contributed by atoms with van der Waals surface area (Å²) in [5.74, 6) is 1.49. The summed E-state index contributed by atoms with van der Waals surface area (Å²) in [6, 6.07) is 9.44. The van der Waals surface area contributed by atoms with Gasteiger partial charge in [-0.2, -0.15) is 0 Å². The van der Waals surface area contributed by atoms with Crippen LogP contribution in [0.25, 0.3) is 10.2 Å². The minimum atomic E-state index is -0.00297. The van der Waals surface area contributed by atoms with Gasteiger partial charge in [0.05, 0.1) is 11.4 Å². The third-order valence-corrected chi connectivity index (χ3v) is 7.90. The fourth-order valence-corrected chi connectivity index (χ4v) is 6.20. The van der Waals surface area contributed by atoms with E-state index < -0.39 is 0 Å². The first-order valence-electron chi connectivity index (χ1n) is 11.1. The number of aryl methyl sites for hydroxylation is 1. The molecule has 0 saturated carbocycles. The fourth-order valence-electron chi connectivity index (χ4n) is 4.81. The van der Waals surface area contributed by atoms with Gasteiger partial charge in [-0.1, -0.05) is 25.1 Å². The Morgan fingerprint density at radius 3 is 2.68 bits per heavy atom. The van der Waals surface area contributed by atoms with Gasteiger partial charge in [0.25, 0.3) is 11.5 Å². The van der Waals surface area contributed by atoms with E-state index in [4.69, 9.17) is 4.98 Å². The van der Waals surface area contributed by atoms with E-state index in [9.17, 15) is 9.59 Å². The van der Waals surface area contributed by atoms with Crippen LogP contribution in [0.1, 0.15) is 52.9 Å². The maximum absolute atomic E-state index is 12.9. The molecule has 5 rings (SSSR count). The molecule has 2 aliphatic rings. The van der Waals surface area contributed by atoms with Crippen molar-refractivity contribution < 1.29 is 4.79 Å². The molecule has 1 aromatic carbocycles. The Bertz CT molecular complexity index is 1160. The third kappa shape index (κ3) is 3.81. The number of hydrogen-bond donors (Lipinski definition) is 1. The Labute approximate surface area is 185 Å². The Balaban J connectivity index is 1.32. The zero-order valence-electron chi connectivity index (χ0n) is 18.1. The van der Waals surface area contributed by atoms with Gasteiger partial charge in [-0.15, -0.1) is 11.3 Å². The third-order valence-electron chi connectivity index (χ3n) is 6.75. The maximum atomic E-state index is 12.9. The van der Waals surface area contributed by atoms with Gasteiger partial charge in [0.2, 0.25) is 0 Å². The predicted octanol–water partition coefficient (Wildman–Crippen LogP) is 3.63. The first kappa shape index (κ1) is 20.4. The van der Waals surface area contributed by atoms with Crippen molar-refractivity contribution in [3.05, 3.63) is 62.5 Å². The van der Waals surface area contributed by atoms with Crippen LogP contribution in [0, 0.1) is 5.92 Å². The van der Waals surface area contributed by atoms with E-state index in [0.29, 0.717) is 19.0 Å². The van der Waals surface area contributed by atoms with Gasteiger partial charge >= 0.3 is 0 Å². The van der Waals surface area contributed by atoms with Crippen LogP contribution in [0.2, 0.25) is 0 Å². The second kappa shape index (κ2) is 8.20. The lowest BCUT2D eigenvalue weighted by molar-refractivity contribution is 0.0575. The molecular weight excluding hydrogens is 408 g/mol. The molecule has 0 bridgehead atoms. The van der Waals surface area contributed by atoms with Crippen LogP contribution in [0.15, 0.2) is 35.1 Å². The molecule has 31 heavy (non-hydrogen) atoms. The molecule has 7 heteroatoms. The summed E-state index contributed by atoms with van der Waals surface area (Å²) in [5, 5.41) is 0.807. The van der Waals surface area contributed by atoms with E-state index in [0.717, 1.165) is 54.0 Å². The number of nitrogens with zero attached hydrogens (tertiary/aromatic N) is 3. The predicted molar refractivity (Wildman–Crippen MR) is 124 cm³/mol. The summed E-state index contributed by atoms with van der Waals surface area (Å²) in [6.07, 6.45) is 3.17. The summed E-state index contributed by atoms with van der Waals surface area (Å²) < 4.78 is 0. The normalized spacial score (nSPS) is 20.6. The summed E-state index contributed by atoms with van der Waals surface area (Å²) >= 11 is 1.70. The molecule has 162 valence electrons. The van der Waals surface area contributed by atoms with E-state index in [1.165, 1.54) is 10.4 Å². The Morgan fingerprint density at radius 1 is 1.19 bits per heavy atom. The molecule has 0 spiro atoms. The van der Waals surface area contributed by atoms with Gasteiger partial charge in [0.15, 0.2) is 0 Å². The first-order chi connectivity index (χ1) is 15.0. The van der Waals surface area contributed by atoms with Crippen molar-refractivity contribution in [1.82, 2.24) is 19.8 Å². The van der Waals surface area contributed by atoms with Crippen molar-refractivity contribution in [2.75, 3.05) is 26.2 Å². The quantitative estimate of drug-likeness (QED) is 0.681. The molecule has 2 aromatic heterocycles. The number of hydrogen-bond acceptors (Lipinski definition) is 5. The van der Waals surface area contributed by atoms with E-state index >= 15 is 0 Å². The van der Waals surface area contributed by atoms with Crippen molar-refractivity contribution in [3.8, 4) is 0 Å². The molecule has 3 aromatic rings. The molecule has 1 saturated heterocycles. The van der Waals surface area contributed by atoms with Crippen LogP contribution in [0.4, 0.5) is 0 Å². The second-order valence-electron chi connectivity index (χ2n) is 8.85. The van der Waals surface area contributed by atoms with E-state index in [1.807, 2.05) is 35.2 Å². The number of benzene rings is 1. The number of piperazine rings is 1. The Hall–Kier alpha value is -2.51. The summed E-state index contributed by atoms with van der Waals surface area (Å²) in [6.45, 7) is 7.25. The molecule has 1 fully saturated rings. The van der Waals surface area contributed by atoms with Crippen LogP contribution in [0.3, 0.4) is 0 Å². The Morgan fingerprint density at radius 2 is 1.94 bits per heavy atom. The lowest BCUT2D eigenvalue weighted by atomic mass is 9.89. The zero-order chi connectivity index (χ0) is 21.5. The summed E-state index contributed by atoms with van der Waals surface area (Å²) in [4.78, 5) is 40.0. The lowest BCUT2D eigenvalue weighted by Gasteiger charge is -2.37. The number of rotatable bonds is 3. The standard InChI is InChI=1S/C24H28N4O2S/c1-15-8-9-18-19(14-15)31-23-20(18)22(29)25-21(26-23)16(2)27-10-12-28(13-11-27)24(30)17-6-4-3-5-7-17/h3-7,15-16H,8-14H2,1-2H3,(H,25,26,29). The molecule has 1 amide bonds. The van der Waals surface area contributed by atoms with Crippen molar-refractivity contribution in [2.45, 2.75) is 39.2 Å². The van der Waals surface area contributed by atoms with Gasteiger partial charge in [-0.3, -0.25) is 14.5 Å². The minimum Gasteiger partial charge on any atom is -0.336 e. The van der Waals surface area contributed by atoms with Gasteiger partial charge in [-0.05, 0) is 49.8 Å². The minimum absolute atomic E-state index is 0.00297.